The summed E-state index contributed by atoms with van der Waals surface area (Å²) in [7, 11) is 4.38. The molecule has 1 aliphatic heterocycles. The number of aromatic hydroxyl groups is 1. The number of aromatic nitrogens is 1. The van der Waals surface area contributed by atoms with Crippen molar-refractivity contribution >= 4 is 40.0 Å². The predicted molar refractivity (Wildman–Crippen MR) is 209 cm³/mol. The molecule has 276 valence electrons. The summed E-state index contributed by atoms with van der Waals surface area (Å²) in [5.41, 5.74) is 7.21. The molecular formula is C42H48N5O6+. The highest BCUT2D eigenvalue weighted by molar-refractivity contribution is 5.93. The third-order valence-electron chi connectivity index (χ3n) is 10.2. The van der Waals surface area contributed by atoms with Crippen LogP contribution < -0.4 is 21.5 Å². The molecule has 6 rings (SSSR count). The highest BCUT2D eigenvalue weighted by atomic mass is 16.6. The molecule has 2 amide bonds. The van der Waals surface area contributed by atoms with Crippen LogP contribution in [-0.4, -0.2) is 71.5 Å². The number of nitrogens with one attached hydrogen (secondary N) is 4. The van der Waals surface area contributed by atoms with Gasteiger partial charge in [-0.2, -0.15) is 0 Å². The summed E-state index contributed by atoms with van der Waals surface area (Å²) in [4.78, 5) is 40.6. The second-order valence-electron chi connectivity index (χ2n) is 14.5. The molecule has 5 aromatic rings. The van der Waals surface area contributed by atoms with Gasteiger partial charge in [-0.15, -0.1) is 0 Å². The number of phenolic OH excluding ortho intramolecular Hbond substituents is 1. The zero-order chi connectivity index (χ0) is 37.7. The van der Waals surface area contributed by atoms with Crippen molar-refractivity contribution in [3.63, 3.8) is 0 Å². The smallest absolute Gasteiger partial charge is 0.411 e. The van der Waals surface area contributed by atoms with Crippen molar-refractivity contribution in [2.45, 2.75) is 51.7 Å². The Morgan fingerprint density at radius 2 is 1.60 bits per heavy atom. The number of benzene rings is 4. The number of nitrogens with zero attached hydrogens (tertiary/aromatic N) is 1. The summed E-state index contributed by atoms with van der Waals surface area (Å²) in [5.74, 6) is -0.204. The van der Waals surface area contributed by atoms with Crippen molar-refractivity contribution in [3.8, 4) is 16.9 Å². The van der Waals surface area contributed by atoms with E-state index in [1.54, 1.807) is 12.1 Å². The number of fused-ring (bicyclic) bond motifs is 1. The normalized spacial score (nSPS) is 14.7. The van der Waals surface area contributed by atoms with Crippen LogP contribution in [0.15, 0.2) is 89.7 Å². The van der Waals surface area contributed by atoms with E-state index in [9.17, 15) is 24.6 Å². The molecule has 53 heavy (non-hydrogen) atoms. The first kappa shape index (κ1) is 37.1. The number of piperidine rings is 1. The van der Waals surface area contributed by atoms with Crippen LogP contribution in [0.25, 0.3) is 22.0 Å². The Morgan fingerprint density at radius 1 is 0.887 bits per heavy atom. The van der Waals surface area contributed by atoms with Gasteiger partial charge in [0, 0.05) is 54.2 Å². The molecule has 0 bridgehead atoms. The molecule has 0 aliphatic carbocycles. The van der Waals surface area contributed by atoms with Gasteiger partial charge in [0.2, 0.25) is 11.5 Å². The number of rotatable bonds is 11. The first-order valence-electron chi connectivity index (χ1n) is 18.0. The molecule has 1 fully saturated rings. The maximum Gasteiger partial charge on any atom is 0.411 e. The van der Waals surface area contributed by atoms with E-state index in [4.69, 9.17) is 4.74 Å². The number of aliphatic hydroxyl groups excluding tert-OH is 1. The lowest BCUT2D eigenvalue weighted by Gasteiger charge is -2.36. The fourth-order valence-corrected chi connectivity index (χ4v) is 6.86. The molecule has 4 aromatic carbocycles. The lowest BCUT2D eigenvalue weighted by atomic mass is 9.99. The number of aromatic amines is 1. The van der Waals surface area contributed by atoms with Gasteiger partial charge in [-0.3, -0.25) is 14.9 Å². The number of likely N-dealkylation sites (tertiary alicyclic amines) is 1. The van der Waals surface area contributed by atoms with E-state index < -0.39 is 12.2 Å². The number of aliphatic hydroxyl groups is 1. The number of phenols is 1. The Kier molecular flexibility index (Phi) is 11.2. The Balaban J connectivity index is 1.08. The molecule has 1 aliphatic rings. The minimum Gasteiger partial charge on any atom is -0.506 e. The molecule has 0 unspecified atom stereocenters. The summed E-state index contributed by atoms with van der Waals surface area (Å²) in [6, 6.07) is 25.5. The van der Waals surface area contributed by atoms with E-state index in [2.05, 4.69) is 35.0 Å². The number of quaternary nitrogens is 1. The second-order valence-corrected chi connectivity index (χ2v) is 14.5. The van der Waals surface area contributed by atoms with E-state index >= 15 is 0 Å². The van der Waals surface area contributed by atoms with Gasteiger partial charge in [0.1, 0.15) is 11.9 Å². The van der Waals surface area contributed by atoms with Gasteiger partial charge in [0.15, 0.2) is 0 Å². The SMILES string of the molecule is Cc1c(NC[C@H](O)c2ccc(O)c3[nH]c(=O)ccc23)ccc(NC(=O)CCc2ccc(-c3ccccc3)c(NC(=O)OC3CC[N+](C)(C)CC3)c2)c1C. The van der Waals surface area contributed by atoms with Crippen LogP contribution in [-0.2, 0) is 16.0 Å². The summed E-state index contributed by atoms with van der Waals surface area (Å²) in [6.45, 7) is 5.98. The Bertz CT molecular complexity index is 2170. The number of H-pyrrole nitrogens is 1. The third-order valence-corrected chi connectivity index (χ3v) is 10.2. The molecule has 11 nitrogen and oxygen atoms in total. The molecule has 0 spiro atoms. The van der Waals surface area contributed by atoms with Gasteiger partial charge in [0.05, 0.1) is 44.5 Å². The largest absolute Gasteiger partial charge is 0.506 e. The maximum atomic E-state index is 13.2. The number of amides is 2. The topological polar surface area (TPSA) is 153 Å². The van der Waals surface area contributed by atoms with Crippen LogP contribution in [0.4, 0.5) is 21.9 Å². The van der Waals surface area contributed by atoms with Crippen LogP contribution in [0.2, 0.25) is 0 Å². The standard InChI is InChI=1S/C42H47N5O6/c1-26-27(2)35(16-15-34(26)43-25-38(49)32-13-17-37(48)41-33(32)14-19-40(51)46-41)44-39(50)18-11-28-10-12-31(29-8-6-5-7-9-29)36(24-28)45-42(52)53-30-20-22-47(3,4)23-21-30/h5-10,12-17,19,24,30,38,43,49H,11,18,20-23,25H2,1-4H3,(H3-,44,45,46,48,50,51,52)/p+1/t38-/m0/s1. The fraction of sp³-hybridized carbons (Fsp3) is 0.310. The summed E-state index contributed by atoms with van der Waals surface area (Å²) < 4.78 is 6.75. The van der Waals surface area contributed by atoms with Crippen molar-refractivity contribution in [2.75, 3.05) is 49.7 Å². The number of carbonyl (C=O) groups excluding carboxylic acids is 2. The average molecular weight is 719 g/mol. The first-order valence-corrected chi connectivity index (χ1v) is 18.0. The number of hydrogen-bond donors (Lipinski definition) is 6. The maximum absolute atomic E-state index is 13.2. The minimum atomic E-state index is -0.921. The van der Waals surface area contributed by atoms with E-state index in [0.29, 0.717) is 28.7 Å². The molecule has 1 saturated heterocycles. The van der Waals surface area contributed by atoms with Crippen molar-refractivity contribution in [3.05, 3.63) is 118 Å². The monoisotopic (exact) mass is 718 g/mol. The van der Waals surface area contributed by atoms with Gasteiger partial charge in [-0.05, 0) is 78.4 Å². The lowest BCUT2D eigenvalue weighted by Crippen LogP contribution is -2.48. The first-order chi connectivity index (χ1) is 25.4. The molecule has 0 saturated carbocycles. The number of aryl methyl sites for hydroxylation is 1. The molecular weight excluding hydrogens is 670 g/mol. The third kappa shape index (κ3) is 9.05. The molecule has 6 N–H and O–H groups in total. The summed E-state index contributed by atoms with van der Waals surface area (Å²) in [6.07, 6.45) is 0.847. The van der Waals surface area contributed by atoms with Crippen LogP contribution >= 0.6 is 0 Å². The average Bonchev–Trinajstić information content (AvgIpc) is 3.14. The van der Waals surface area contributed by atoms with Crippen LogP contribution in [0, 0.1) is 13.8 Å². The summed E-state index contributed by atoms with van der Waals surface area (Å²) in [5, 5.41) is 31.1. The summed E-state index contributed by atoms with van der Waals surface area (Å²) >= 11 is 0. The molecule has 2 heterocycles. The Morgan fingerprint density at radius 3 is 2.36 bits per heavy atom. The van der Waals surface area contributed by atoms with E-state index in [1.807, 2.05) is 74.5 Å². The number of carbonyl (C=O) groups is 2. The van der Waals surface area contributed by atoms with E-state index in [1.165, 1.54) is 12.1 Å². The Hall–Kier alpha value is -5.65. The van der Waals surface area contributed by atoms with E-state index in [-0.39, 0.29) is 41.8 Å². The number of pyridine rings is 1. The van der Waals surface area contributed by atoms with Gasteiger partial charge >= 0.3 is 6.09 Å². The van der Waals surface area contributed by atoms with Crippen LogP contribution in [0.1, 0.15) is 47.6 Å². The predicted octanol–water partition coefficient (Wildman–Crippen LogP) is 7.02. The van der Waals surface area contributed by atoms with E-state index in [0.717, 1.165) is 63.9 Å². The van der Waals surface area contributed by atoms with Crippen molar-refractivity contribution in [1.82, 2.24) is 4.98 Å². The molecule has 1 aromatic heterocycles. The quantitative estimate of drug-likeness (QED) is 0.0803. The van der Waals surface area contributed by atoms with Crippen LogP contribution in [0.3, 0.4) is 0 Å². The van der Waals surface area contributed by atoms with Gasteiger partial charge in [-0.25, -0.2) is 4.79 Å². The Labute approximate surface area is 309 Å². The van der Waals surface area contributed by atoms with Crippen molar-refractivity contribution in [2.24, 2.45) is 0 Å². The zero-order valence-electron chi connectivity index (χ0n) is 30.7. The molecule has 0 radical (unpaired) electrons. The highest BCUT2D eigenvalue weighted by Crippen LogP contribution is 2.32. The highest BCUT2D eigenvalue weighted by Gasteiger charge is 2.28. The fourth-order valence-electron chi connectivity index (χ4n) is 6.86. The lowest BCUT2D eigenvalue weighted by molar-refractivity contribution is -0.896. The number of ether oxygens (including phenoxy) is 1. The van der Waals surface area contributed by atoms with Crippen molar-refractivity contribution in [1.29, 1.82) is 0 Å². The number of hydrogen-bond acceptors (Lipinski definition) is 7. The van der Waals surface area contributed by atoms with Gasteiger partial charge < -0.3 is 35.1 Å². The zero-order valence-corrected chi connectivity index (χ0v) is 30.7. The van der Waals surface area contributed by atoms with Gasteiger partial charge in [-0.1, -0.05) is 48.5 Å². The van der Waals surface area contributed by atoms with Crippen LogP contribution in [0.5, 0.6) is 5.75 Å². The van der Waals surface area contributed by atoms with Gasteiger partial charge in [0.25, 0.3) is 0 Å². The minimum absolute atomic E-state index is 0.0657. The van der Waals surface area contributed by atoms with Crippen molar-refractivity contribution < 1.29 is 29.0 Å². The molecule has 11 heteroatoms. The number of anilines is 3. The second kappa shape index (κ2) is 15.9. The molecule has 1 atom stereocenters.